The zero-order valence-corrected chi connectivity index (χ0v) is 11.2. The second kappa shape index (κ2) is 6.94. The van der Waals surface area contributed by atoms with E-state index in [0.29, 0.717) is 6.54 Å². The maximum atomic E-state index is 13.6. The fourth-order valence-electron chi connectivity index (χ4n) is 1.54. The second-order valence-corrected chi connectivity index (χ2v) is 4.29. The lowest BCUT2D eigenvalue weighted by molar-refractivity contribution is 0.0763. The molecule has 104 valence electrons. The van der Waals surface area contributed by atoms with Gasteiger partial charge in [-0.05, 0) is 25.1 Å². The highest BCUT2D eigenvalue weighted by atomic mass is 35.5. The van der Waals surface area contributed by atoms with Crippen LogP contribution in [0.5, 0.6) is 0 Å². The van der Waals surface area contributed by atoms with E-state index in [9.17, 15) is 9.18 Å². The lowest BCUT2D eigenvalue weighted by atomic mass is 10.1. The fourth-order valence-corrected chi connectivity index (χ4v) is 1.69. The number of hydrogen-bond acceptors (Lipinski definition) is 3. The van der Waals surface area contributed by atoms with Crippen LogP contribution in [0.15, 0.2) is 23.4 Å². The van der Waals surface area contributed by atoms with E-state index in [0.717, 1.165) is 6.07 Å². The molecule has 0 bridgehead atoms. The van der Waals surface area contributed by atoms with E-state index in [1.165, 1.54) is 17.0 Å². The Hall–Kier alpha value is -1.82. The van der Waals surface area contributed by atoms with Crippen molar-refractivity contribution in [3.63, 3.8) is 0 Å². The van der Waals surface area contributed by atoms with E-state index in [1.807, 2.05) is 0 Å². The highest BCUT2D eigenvalue weighted by Gasteiger charge is 2.18. The largest absolute Gasteiger partial charge is 0.409 e. The summed E-state index contributed by atoms with van der Waals surface area (Å²) in [5, 5.41) is 11.5. The summed E-state index contributed by atoms with van der Waals surface area (Å²) < 4.78 is 13.6. The minimum atomic E-state index is -0.667. The van der Waals surface area contributed by atoms with Crippen LogP contribution in [-0.2, 0) is 0 Å². The van der Waals surface area contributed by atoms with Crippen LogP contribution >= 0.6 is 11.6 Å². The average molecular weight is 288 g/mol. The van der Waals surface area contributed by atoms with Gasteiger partial charge in [0.25, 0.3) is 5.91 Å². The Morgan fingerprint density at radius 1 is 1.58 bits per heavy atom. The Kier molecular flexibility index (Phi) is 5.57. The van der Waals surface area contributed by atoms with E-state index >= 15 is 0 Å². The van der Waals surface area contributed by atoms with Crippen molar-refractivity contribution in [3.8, 4) is 0 Å². The van der Waals surface area contributed by atoms with E-state index in [2.05, 4.69) is 5.16 Å². The molecule has 0 aromatic heterocycles. The predicted molar refractivity (Wildman–Crippen MR) is 71.0 cm³/mol. The van der Waals surface area contributed by atoms with Gasteiger partial charge >= 0.3 is 0 Å². The summed E-state index contributed by atoms with van der Waals surface area (Å²) >= 11 is 5.63. The maximum absolute atomic E-state index is 13.6. The van der Waals surface area contributed by atoms with Gasteiger partial charge in [-0.2, -0.15) is 0 Å². The molecule has 1 aromatic carbocycles. The Bertz CT molecular complexity index is 494. The van der Waals surface area contributed by atoms with Gasteiger partial charge < -0.3 is 15.8 Å². The van der Waals surface area contributed by atoms with Crippen LogP contribution < -0.4 is 5.73 Å². The number of carbonyl (C=O) groups excluding carboxylic acids is 1. The minimum absolute atomic E-state index is 0.0165. The predicted octanol–water partition coefficient (Wildman–Crippen LogP) is 2.08. The Labute approximate surface area is 115 Å². The number of benzene rings is 1. The van der Waals surface area contributed by atoms with Crippen LogP contribution in [0.2, 0.25) is 5.02 Å². The number of amides is 1. The number of carbonyl (C=O) groups is 1. The van der Waals surface area contributed by atoms with E-state index in [-0.39, 0.29) is 29.4 Å². The molecule has 0 saturated heterocycles. The SMILES string of the molecule is CCN(CC/C(N)=N/O)C(=O)c1ccc(Cl)cc1F. The summed E-state index contributed by atoms with van der Waals surface area (Å²) in [7, 11) is 0. The Morgan fingerprint density at radius 2 is 2.26 bits per heavy atom. The molecule has 7 heteroatoms. The first-order valence-corrected chi connectivity index (χ1v) is 6.08. The number of amidine groups is 1. The molecule has 0 radical (unpaired) electrons. The normalized spacial score (nSPS) is 11.4. The van der Waals surface area contributed by atoms with Crippen molar-refractivity contribution in [1.82, 2.24) is 4.90 Å². The zero-order chi connectivity index (χ0) is 14.4. The summed E-state index contributed by atoms with van der Waals surface area (Å²) in [6, 6.07) is 3.88. The van der Waals surface area contributed by atoms with Crippen molar-refractivity contribution in [1.29, 1.82) is 0 Å². The molecule has 19 heavy (non-hydrogen) atoms. The van der Waals surface area contributed by atoms with Crippen LogP contribution in [0.25, 0.3) is 0 Å². The number of hydrogen-bond donors (Lipinski definition) is 2. The third kappa shape index (κ3) is 4.10. The molecular formula is C12H15ClFN3O2. The van der Waals surface area contributed by atoms with Gasteiger partial charge in [0.15, 0.2) is 0 Å². The molecule has 0 spiro atoms. The Balaban J connectivity index is 2.83. The van der Waals surface area contributed by atoms with Crippen LogP contribution in [0.3, 0.4) is 0 Å². The molecular weight excluding hydrogens is 273 g/mol. The monoisotopic (exact) mass is 287 g/mol. The molecule has 5 nitrogen and oxygen atoms in total. The van der Waals surface area contributed by atoms with Crippen molar-refractivity contribution in [3.05, 3.63) is 34.6 Å². The molecule has 1 aromatic rings. The lowest BCUT2D eigenvalue weighted by Crippen LogP contribution is -2.34. The second-order valence-electron chi connectivity index (χ2n) is 3.85. The summed E-state index contributed by atoms with van der Waals surface area (Å²) in [5.74, 6) is -1.11. The number of oxime groups is 1. The van der Waals surface area contributed by atoms with Gasteiger partial charge in [-0.3, -0.25) is 4.79 Å². The molecule has 0 saturated carbocycles. The van der Waals surface area contributed by atoms with Crippen molar-refractivity contribution in [2.24, 2.45) is 10.9 Å². The average Bonchev–Trinajstić information content (AvgIpc) is 2.38. The van der Waals surface area contributed by atoms with Gasteiger partial charge in [0.2, 0.25) is 0 Å². The third-order valence-corrected chi connectivity index (χ3v) is 2.83. The van der Waals surface area contributed by atoms with Crippen molar-refractivity contribution in [2.75, 3.05) is 13.1 Å². The van der Waals surface area contributed by atoms with Crippen molar-refractivity contribution in [2.45, 2.75) is 13.3 Å². The number of nitrogens with two attached hydrogens (primary N) is 1. The molecule has 0 aliphatic carbocycles. The van der Waals surface area contributed by atoms with E-state index < -0.39 is 11.7 Å². The molecule has 1 rings (SSSR count). The minimum Gasteiger partial charge on any atom is -0.409 e. The Morgan fingerprint density at radius 3 is 2.79 bits per heavy atom. The van der Waals surface area contributed by atoms with Crippen molar-refractivity contribution >= 4 is 23.3 Å². The summed E-state index contributed by atoms with van der Waals surface area (Å²) in [5.41, 5.74) is 5.28. The summed E-state index contributed by atoms with van der Waals surface area (Å²) in [6.45, 7) is 2.39. The highest BCUT2D eigenvalue weighted by molar-refractivity contribution is 6.30. The summed E-state index contributed by atoms with van der Waals surface area (Å²) in [6.07, 6.45) is 0.214. The molecule has 1 amide bonds. The number of halogens is 2. The first-order chi connectivity index (χ1) is 8.99. The molecule has 0 aliphatic rings. The van der Waals surface area contributed by atoms with Crippen LogP contribution in [0, 0.1) is 5.82 Å². The first kappa shape index (κ1) is 15.2. The van der Waals surface area contributed by atoms with Gasteiger partial charge in [-0.15, -0.1) is 0 Å². The first-order valence-electron chi connectivity index (χ1n) is 5.70. The molecule has 0 unspecified atom stereocenters. The van der Waals surface area contributed by atoms with Crippen molar-refractivity contribution < 1.29 is 14.4 Å². The maximum Gasteiger partial charge on any atom is 0.256 e. The molecule has 0 atom stereocenters. The quantitative estimate of drug-likeness (QED) is 0.377. The van der Waals surface area contributed by atoms with Gasteiger partial charge in [0.05, 0.1) is 5.56 Å². The zero-order valence-electron chi connectivity index (χ0n) is 10.4. The van der Waals surface area contributed by atoms with Crippen LogP contribution in [0.1, 0.15) is 23.7 Å². The van der Waals surface area contributed by atoms with Gasteiger partial charge in [-0.25, -0.2) is 4.39 Å². The third-order valence-electron chi connectivity index (χ3n) is 2.60. The number of rotatable bonds is 5. The smallest absolute Gasteiger partial charge is 0.256 e. The highest BCUT2D eigenvalue weighted by Crippen LogP contribution is 2.16. The van der Waals surface area contributed by atoms with E-state index in [1.54, 1.807) is 6.92 Å². The van der Waals surface area contributed by atoms with Gasteiger partial charge in [0, 0.05) is 24.5 Å². The molecule has 0 heterocycles. The van der Waals surface area contributed by atoms with Crippen LogP contribution in [-0.4, -0.2) is 34.9 Å². The molecule has 3 N–H and O–H groups in total. The molecule has 0 aliphatic heterocycles. The lowest BCUT2D eigenvalue weighted by Gasteiger charge is -2.20. The standard InChI is InChI=1S/C12H15ClFN3O2/c1-2-17(6-5-11(15)16-19)12(18)9-4-3-8(13)7-10(9)14/h3-4,7,19H,2,5-6H2,1H3,(H2,15,16). The summed E-state index contributed by atoms with van der Waals surface area (Å²) in [4.78, 5) is 13.5. The van der Waals surface area contributed by atoms with E-state index in [4.69, 9.17) is 22.5 Å². The molecule has 0 fully saturated rings. The topological polar surface area (TPSA) is 78.9 Å². The van der Waals surface area contributed by atoms with Gasteiger partial charge in [0.1, 0.15) is 11.7 Å². The van der Waals surface area contributed by atoms with Crippen LogP contribution in [0.4, 0.5) is 4.39 Å². The number of nitrogens with zero attached hydrogens (tertiary/aromatic N) is 2. The fraction of sp³-hybridized carbons (Fsp3) is 0.333. The van der Waals surface area contributed by atoms with Gasteiger partial charge in [-0.1, -0.05) is 16.8 Å².